The average Bonchev–Trinajstić information content (AvgIpc) is 2.91. The summed E-state index contributed by atoms with van der Waals surface area (Å²) in [6.07, 6.45) is 7.88. The molecule has 1 atom stereocenters. The van der Waals surface area contributed by atoms with Crippen LogP contribution in [-0.4, -0.2) is 60.3 Å². The fourth-order valence-corrected chi connectivity index (χ4v) is 3.66. The molecule has 1 aromatic rings. The number of amides is 1. The number of piperidine rings is 1. The second-order valence-electron chi connectivity index (χ2n) is 6.55. The molecule has 0 aromatic carbocycles. The minimum atomic E-state index is -0.190. The molecule has 0 spiro atoms. The van der Waals surface area contributed by atoms with Gasteiger partial charge in [0, 0.05) is 26.2 Å². The second kappa shape index (κ2) is 7.73. The number of hydrogen-bond donors (Lipinski definition) is 1. The molecule has 0 radical (unpaired) electrons. The lowest BCUT2D eigenvalue weighted by molar-refractivity contribution is 0.0957. The summed E-state index contributed by atoms with van der Waals surface area (Å²) in [5.41, 5.74) is 0.373. The first-order valence-electron chi connectivity index (χ1n) is 8.83. The smallest absolute Gasteiger partial charge is 0.271 e. The number of anilines is 1. The van der Waals surface area contributed by atoms with Gasteiger partial charge in [-0.15, -0.1) is 10.2 Å². The molecular weight excluding hydrogens is 290 g/mol. The molecule has 2 aliphatic rings. The van der Waals surface area contributed by atoms with Crippen LogP contribution in [0.15, 0.2) is 12.1 Å². The summed E-state index contributed by atoms with van der Waals surface area (Å²) >= 11 is 0. The maximum Gasteiger partial charge on any atom is 0.271 e. The molecule has 1 aromatic heterocycles. The average molecular weight is 317 g/mol. The number of carbonyl (C=O) groups is 1. The molecule has 6 heteroatoms. The SMILES string of the molecule is CNC(=O)c1ccc(N2CCCC(N3CCCCCC3)C2)nn1. The van der Waals surface area contributed by atoms with E-state index < -0.39 is 0 Å². The highest BCUT2D eigenvalue weighted by Gasteiger charge is 2.26. The van der Waals surface area contributed by atoms with Crippen molar-refractivity contribution in [3.8, 4) is 0 Å². The van der Waals surface area contributed by atoms with Crippen molar-refractivity contribution >= 4 is 11.7 Å². The Labute approximate surface area is 138 Å². The molecule has 0 saturated carbocycles. The summed E-state index contributed by atoms with van der Waals surface area (Å²) < 4.78 is 0. The van der Waals surface area contributed by atoms with Crippen LogP contribution in [-0.2, 0) is 0 Å². The maximum absolute atomic E-state index is 11.6. The molecule has 0 aliphatic carbocycles. The summed E-state index contributed by atoms with van der Waals surface area (Å²) in [6, 6.07) is 4.31. The van der Waals surface area contributed by atoms with Crippen molar-refractivity contribution < 1.29 is 4.79 Å². The Morgan fingerprint density at radius 3 is 2.52 bits per heavy atom. The zero-order chi connectivity index (χ0) is 16.1. The van der Waals surface area contributed by atoms with E-state index in [1.54, 1.807) is 13.1 Å². The van der Waals surface area contributed by atoms with Gasteiger partial charge in [-0.25, -0.2) is 0 Å². The zero-order valence-corrected chi connectivity index (χ0v) is 14.0. The number of rotatable bonds is 3. The molecule has 23 heavy (non-hydrogen) atoms. The molecule has 3 rings (SSSR count). The molecule has 126 valence electrons. The summed E-state index contributed by atoms with van der Waals surface area (Å²) in [5, 5.41) is 10.9. The van der Waals surface area contributed by atoms with Crippen molar-refractivity contribution in [3.63, 3.8) is 0 Å². The molecule has 1 N–H and O–H groups in total. The molecule has 2 saturated heterocycles. The largest absolute Gasteiger partial charge is 0.354 e. The van der Waals surface area contributed by atoms with Crippen LogP contribution in [0.5, 0.6) is 0 Å². The van der Waals surface area contributed by atoms with E-state index in [-0.39, 0.29) is 5.91 Å². The maximum atomic E-state index is 11.6. The fraction of sp³-hybridized carbons (Fsp3) is 0.706. The standard InChI is InChI=1S/C17H27N5O/c1-18-17(23)15-8-9-16(20-19-15)22-12-6-7-14(13-22)21-10-4-2-3-5-11-21/h8-9,14H,2-7,10-13H2,1H3,(H,18,23). The third-order valence-electron chi connectivity index (χ3n) is 4.99. The third kappa shape index (κ3) is 3.99. The van der Waals surface area contributed by atoms with Crippen molar-refractivity contribution in [1.29, 1.82) is 0 Å². The Morgan fingerprint density at radius 2 is 1.87 bits per heavy atom. The van der Waals surface area contributed by atoms with Crippen LogP contribution in [0.4, 0.5) is 5.82 Å². The van der Waals surface area contributed by atoms with Crippen LogP contribution in [0.3, 0.4) is 0 Å². The summed E-state index contributed by atoms with van der Waals surface area (Å²) in [4.78, 5) is 16.5. The van der Waals surface area contributed by atoms with Crippen molar-refractivity contribution in [2.45, 2.75) is 44.6 Å². The topological polar surface area (TPSA) is 61.4 Å². The van der Waals surface area contributed by atoms with Crippen LogP contribution in [0.2, 0.25) is 0 Å². The lowest BCUT2D eigenvalue weighted by Gasteiger charge is -2.39. The zero-order valence-electron chi connectivity index (χ0n) is 14.0. The van der Waals surface area contributed by atoms with Gasteiger partial charge in [-0.2, -0.15) is 0 Å². The lowest BCUT2D eigenvalue weighted by Crippen LogP contribution is -2.48. The highest BCUT2D eigenvalue weighted by molar-refractivity contribution is 5.91. The van der Waals surface area contributed by atoms with Gasteiger partial charge in [-0.05, 0) is 50.9 Å². The van der Waals surface area contributed by atoms with E-state index in [2.05, 4.69) is 25.3 Å². The Balaban J connectivity index is 1.64. The molecule has 6 nitrogen and oxygen atoms in total. The van der Waals surface area contributed by atoms with Gasteiger partial charge in [0.05, 0.1) is 0 Å². The van der Waals surface area contributed by atoms with E-state index in [9.17, 15) is 4.79 Å². The van der Waals surface area contributed by atoms with Crippen LogP contribution in [0.25, 0.3) is 0 Å². The van der Waals surface area contributed by atoms with Gasteiger partial charge < -0.3 is 10.2 Å². The first kappa shape index (κ1) is 16.2. The first-order valence-corrected chi connectivity index (χ1v) is 8.83. The van der Waals surface area contributed by atoms with Crippen molar-refractivity contribution in [2.24, 2.45) is 0 Å². The van der Waals surface area contributed by atoms with E-state index in [1.165, 1.54) is 51.6 Å². The molecule has 2 aliphatic heterocycles. The van der Waals surface area contributed by atoms with E-state index in [0.29, 0.717) is 11.7 Å². The van der Waals surface area contributed by atoms with Crippen LogP contribution < -0.4 is 10.2 Å². The molecule has 2 fully saturated rings. The minimum absolute atomic E-state index is 0.190. The van der Waals surface area contributed by atoms with E-state index in [0.717, 1.165) is 18.9 Å². The van der Waals surface area contributed by atoms with Crippen molar-refractivity contribution in [2.75, 3.05) is 38.1 Å². The molecule has 1 unspecified atom stereocenters. The summed E-state index contributed by atoms with van der Waals surface area (Å²) in [6.45, 7) is 4.52. The Hall–Kier alpha value is -1.69. The lowest BCUT2D eigenvalue weighted by atomic mass is 10.0. The van der Waals surface area contributed by atoms with E-state index in [4.69, 9.17) is 0 Å². The monoisotopic (exact) mass is 317 g/mol. The van der Waals surface area contributed by atoms with Gasteiger partial charge in [0.25, 0.3) is 5.91 Å². The van der Waals surface area contributed by atoms with Gasteiger partial charge in [0.1, 0.15) is 0 Å². The Bertz CT molecular complexity index is 510. The second-order valence-corrected chi connectivity index (χ2v) is 6.55. The Morgan fingerprint density at radius 1 is 1.09 bits per heavy atom. The van der Waals surface area contributed by atoms with Crippen molar-refractivity contribution in [3.05, 3.63) is 17.8 Å². The highest BCUT2D eigenvalue weighted by Crippen LogP contribution is 2.23. The summed E-state index contributed by atoms with van der Waals surface area (Å²) in [7, 11) is 1.61. The number of nitrogens with one attached hydrogen (secondary N) is 1. The molecular formula is C17H27N5O. The van der Waals surface area contributed by atoms with Gasteiger partial charge in [-0.1, -0.05) is 12.8 Å². The summed E-state index contributed by atoms with van der Waals surface area (Å²) in [5.74, 6) is 0.697. The highest BCUT2D eigenvalue weighted by atomic mass is 16.1. The van der Waals surface area contributed by atoms with Crippen LogP contribution in [0.1, 0.15) is 49.0 Å². The van der Waals surface area contributed by atoms with Gasteiger partial charge in [0.2, 0.25) is 0 Å². The first-order chi connectivity index (χ1) is 11.3. The van der Waals surface area contributed by atoms with Crippen LogP contribution in [0, 0.1) is 0 Å². The minimum Gasteiger partial charge on any atom is -0.354 e. The molecule has 3 heterocycles. The van der Waals surface area contributed by atoms with Gasteiger partial charge >= 0.3 is 0 Å². The predicted octanol–water partition coefficient (Wildman–Crippen LogP) is 1.68. The fourth-order valence-electron chi connectivity index (χ4n) is 3.66. The number of aromatic nitrogens is 2. The number of likely N-dealkylation sites (tertiary alicyclic amines) is 1. The number of hydrogen-bond acceptors (Lipinski definition) is 5. The number of carbonyl (C=O) groups excluding carboxylic acids is 1. The third-order valence-corrected chi connectivity index (χ3v) is 4.99. The Kier molecular flexibility index (Phi) is 5.43. The predicted molar refractivity (Wildman–Crippen MR) is 90.7 cm³/mol. The van der Waals surface area contributed by atoms with Crippen LogP contribution >= 0.6 is 0 Å². The quantitative estimate of drug-likeness (QED) is 0.919. The van der Waals surface area contributed by atoms with Gasteiger partial charge in [0.15, 0.2) is 11.5 Å². The molecule has 1 amide bonds. The van der Waals surface area contributed by atoms with E-state index >= 15 is 0 Å². The molecule has 0 bridgehead atoms. The van der Waals surface area contributed by atoms with E-state index in [1.807, 2.05) is 6.07 Å². The number of nitrogens with zero attached hydrogens (tertiary/aromatic N) is 4. The normalized spacial score (nSPS) is 23.3. The van der Waals surface area contributed by atoms with Crippen molar-refractivity contribution in [1.82, 2.24) is 20.4 Å². The van der Waals surface area contributed by atoms with Gasteiger partial charge in [-0.3, -0.25) is 9.69 Å².